The highest BCUT2D eigenvalue weighted by molar-refractivity contribution is 6.33. The van der Waals surface area contributed by atoms with Crippen LogP contribution in [-0.4, -0.2) is 6.61 Å². The van der Waals surface area contributed by atoms with Crippen molar-refractivity contribution < 1.29 is 4.74 Å². The minimum Gasteiger partial charge on any atom is -0.377 e. The first-order valence-corrected chi connectivity index (χ1v) is 5.87. The van der Waals surface area contributed by atoms with Gasteiger partial charge < -0.3 is 4.74 Å². The Labute approximate surface area is 101 Å². The van der Waals surface area contributed by atoms with Gasteiger partial charge in [0.05, 0.1) is 6.61 Å². The van der Waals surface area contributed by atoms with E-state index in [0.717, 1.165) is 18.6 Å². The van der Waals surface area contributed by atoms with E-state index < -0.39 is 0 Å². The van der Waals surface area contributed by atoms with Gasteiger partial charge in [-0.1, -0.05) is 37.0 Å². The third-order valence-electron chi connectivity index (χ3n) is 2.10. The van der Waals surface area contributed by atoms with Crippen LogP contribution in [0.15, 0.2) is 18.2 Å². The second-order valence-corrected chi connectivity index (χ2v) is 4.81. The Morgan fingerprint density at radius 1 is 1.27 bits per heavy atom. The molecule has 0 amide bonds. The number of benzene rings is 1. The van der Waals surface area contributed by atoms with Gasteiger partial charge in [0.1, 0.15) is 0 Å². The zero-order chi connectivity index (χ0) is 11.3. The molecule has 1 aromatic rings. The monoisotopic (exact) mass is 246 g/mol. The summed E-state index contributed by atoms with van der Waals surface area (Å²) >= 11 is 11.9. The molecule has 0 heterocycles. The minimum absolute atomic E-state index is 0.534. The van der Waals surface area contributed by atoms with Crippen LogP contribution >= 0.6 is 23.2 Å². The third kappa shape index (κ3) is 4.87. The summed E-state index contributed by atoms with van der Waals surface area (Å²) in [6, 6.07) is 5.42. The van der Waals surface area contributed by atoms with Crippen molar-refractivity contribution in [2.45, 2.75) is 26.9 Å². The lowest BCUT2D eigenvalue weighted by Crippen LogP contribution is -1.99. The van der Waals surface area contributed by atoms with E-state index in [2.05, 4.69) is 13.8 Å². The van der Waals surface area contributed by atoms with Gasteiger partial charge in [0.15, 0.2) is 0 Å². The van der Waals surface area contributed by atoms with Crippen LogP contribution in [0.5, 0.6) is 0 Å². The normalized spacial score (nSPS) is 11.0. The summed E-state index contributed by atoms with van der Waals surface area (Å²) < 4.78 is 5.52. The Balaban J connectivity index is 2.40. The van der Waals surface area contributed by atoms with Crippen molar-refractivity contribution in [2.24, 2.45) is 5.92 Å². The summed E-state index contributed by atoms with van der Waals surface area (Å²) in [5, 5.41) is 1.41. The molecular weight excluding hydrogens is 231 g/mol. The van der Waals surface area contributed by atoms with Gasteiger partial charge in [-0.3, -0.25) is 0 Å². The molecule has 0 bridgehead atoms. The second kappa shape index (κ2) is 6.37. The second-order valence-electron chi connectivity index (χ2n) is 3.97. The molecule has 0 N–H and O–H groups in total. The molecule has 1 aromatic carbocycles. The first-order valence-electron chi connectivity index (χ1n) is 5.11. The summed E-state index contributed by atoms with van der Waals surface area (Å²) in [5.74, 6) is 0.667. The third-order valence-corrected chi connectivity index (χ3v) is 2.71. The molecule has 0 aliphatic carbocycles. The standard InChI is InChI=1S/C12H16Cl2O/c1-9(2)5-6-15-8-10-7-11(13)3-4-12(10)14/h3-4,7,9H,5-6,8H2,1-2H3. The topological polar surface area (TPSA) is 9.23 Å². The molecule has 0 aliphatic heterocycles. The molecule has 3 heteroatoms. The van der Waals surface area contributed by atoms with Crippen molar-refractivity contribution in [3.05, 3.63) is 33.8 Å². The Bertz CT molecular complexity index is 310. The van der Waals surface area contributed by atoms with Crippen LogP contribution in [0.25, 0.3) is 0 Å². The van der Waals surface area contributed by atoms with Gasteiger partial charge in [0.2, 0.25) is 0 Å². The minimum atomic E-state index is 0.534. The van der Waals surface area contributed by atoms with Gasteiger partial charge in [0, 0.05) is 16.7 Å². The molecule has 1 rings (SSSR count). The Kier molecular flexibility index (Phi) is 5.44. The number of hydrogen-bond acceptors (Lipinski definition) is 1. The molecule has 0 atom stereocenters. The van der Waals surface area contributed by atoms with Crippen molar-refractivity contribution in [2.75, 3.05) is 6.61 Å². The van der Waals surface area contributed by atoms with Crippen LogP contribution in [0.4, 0.5) is 0 Å². The van der Waals surface area contributed by atoms with Crippen molar-refractivity contribution in [1.82, 2.24) is 0 Å². The molecule has 1 nitrogen and oxygen atoms in total. The van der Waals surface area contributed by atoms with E-state index in [-0.39, 0.29) is 0 Å². The van der Waals surface area contributed by atoms with Crippen molar-refractivity contribution in [1.29, 1.82) is 0 Å². The van der Waals surface area contributed by atoms with Crippen molar-refractivity contribution in [3.8, 4) is 0 Å². The molecule has 0 aliphatic rings. The van der Waals surface area contributed by atoms with Crippen LogP contribution < -0.4 is 0 Å². The lowest BCUT2D eigenvalue weighted by atomic mass is 10.1. The highest BCUT2D eigenvalue weighted by atomic mass is 35.5. The van der Waals surface area contributed by atoms with E-state index in [9.17, 15) is 0 Å². The fourth-order valence-electron chi connectivity index (χ4n) is 1.16. The molecule has 0 saturated heterocycles. The predicted molar refractivity (Wildman–Crippen MR) is 65.6 cm³/mol. The first-order chi connectivity index (χ1) is 7.09. The average molecular weight is 247 g/mol. The quantitative estimate of drug-likeness (QED) is 0.693. The number of hydrogen-bond donors (Lipinski definition) is 0. The molecule has 0 unspecified atom stereocenters. The Morgan fingerprint density at radius 3 is 2.67 bits per heavy atom. The molecule has 84 valence electrons. The van der Waals surface area contributed by atoms with Crippen LogP contribution in [0, 0.1) is 5.92 Å². The van der Waals surface area contributed by atoms with Crippen LogP contribution in [0.2, 0.25) is 10.0 Å². The molecule has 15 heavy (non-hydrogen) atoms. The number of rotatable bonds is 5. The highest BCUT2D eigenvalue weighted by Gasteiger charge is 2.01. The van der Waals surface area contributed by atoms with Crippen molar-refractivity contribution >= 4 is 23.2 Å². The van der Waals surface area contributed by atoms with E-state index in [1.54, 1.807) is 12.1 Å². The van der Waals surface area contributed by atoms with Crippen LogP contribution in [0.3, 0.4) is 0 Å². The predicted octanol–water partition coefficient (Wildman–Crippen LogP) is 4.56. The summed E-state index contributed by atoms with van der Waals surface area (Å²) in [5.41, 5.74) is 0.952. The van der Waals surface area contributed by atoms with Gasteiger partial charge in [-0.15, -0.1) is 0 Å². The van der Waals surface area contributed by atoms with E-state index in [0.29, 0.717) is 22.6 Å². The maximum atomic E-state index is 6.00. The maximum absolute atomic E-state index is 6.00. The van der Waals surface area contributed by atoms with Gasteiger partial charge in [-0.2, -0.15) is 0 Å². The van der Waals surface area contributed by atoms with Crippen LogP contribution in [-0.2, 0) is 11.3 Å². The Hall–Kier alpha value is -0.240. The zero-order valence-corrected chi connectivity index (χ0v) is 10.6. The molecule has 0 fully saturated rings. The largest absolute Gasteiger partial charge is 0.377 e. The smallest absolute Gasteiger partial charge is 0.0731 e. The summed E-state index contributed by atoms with van der Waals surface area (Å²) in [6.45, 7) is 5.65. The van der Waals surface area contributed by atoms with Gasteiger partial charge in [0.25, 0.3) is 0 Å². The van der Waals surface area contributed by atoms with Crippen LogP contribution in [0.1, 0.15) is 25.8 Å². The zero-order valence-electron chi connectivity index (χ0n) is 9.09. The summed E-state index contributed by atoms with van der Waals surface area (Å²) in [4.78, 5) is 0. The molecule has 0 aromatic heterocycles. The Morgan fingerprint density at radius 2 is 2.00 bits per heavy atom. The molecular formula is C12H16Cl2O. The fraction of sp³-hybridized carbons (Fsp3) is 0.500. The number of halogens is 2. The molecule has 0 saturated carbocycles. The van der Waals surface area contributed by atoms with E-state index in [4.69, 9.17) is 27.9 Å². The molecule has 0 spiro atoms. The van der Waals surface area contributed by atoms with Gasteiger partial charge in [-0.05, 0) is 36.1 Å². The van der Waals surface area contributed by atoms with E-state index in [1.165, 1.54) is 0 Å². The molecule has 0 radical (unpaired) electrons. The summed E-state index contributed by atoms with van der Waals surface area (Å²) in [7, 11) is 0. The van der Waals surface area contributed by atoms with E-state index in [1.807, 2.05) is 6.07 Å². The highest BCUT2D eigenvalue weighted by Crippen LogP contribution is 2.21. The van der Waals surface area contributed by atoms with Crippen molar-refractivity contribution in [3.63, 3.8) is 0 Å². The maximum Gasteiger partial charge on any atom is 0.0731 e. The SMILES string of the molecule is CC(C)CCOCc1cc(Cl)ccc1Cl. The average Bonchev–Trinajstić information content (AvgIpc) is 2.17. The van der Waals surface area contributed by atoms with Gasteiger partial charge in [-0.25, -0.2) is 0 Å². The van der Waals surface area contributed by atoms with Gasteiger partial charge >= 0.3 is 0 Å². The summed E-state index contributed by atoms with van der Waals surface area (Å²) in [6.07, 6.45) is 1.07. The first kappa shape index (κ1) is 12.8. The number of ether oxygens (including phenoxy) is 1. The van der Waals surface area contributed by atoms with E-state index >= 15 is 0 Å². The lowest BCUT2D eigenvalue weighted by molar-refractivity contribution is 0.111. The lowest BCUT2D eigenvalue weighted by Gasteiger charge is -2.08. The fourth-order valence-corrected chi connectivity index (χ4v) is 1.52.